The summed E-state index contributed by atoms with van der Waals surface area (Å²) in [5.41, 5.74) is 0.428. The van der Waals surface area contributed by atoms with Crippen molar-refractivity contribution in [3.8, 4) is 5.75 Å². The Morgan fingerprint density at radius 1 is 1.27 bits per heavy atom. The average molecular weight is 376 g/mol. The number of nitrogens with zero attached hydrogens (tertiary/aromatic N) is 1. The van der Waals surface area contributed by atoms with Crippen LogP contribution in [0.1, 0.15) is 38.5 Å². The maximum Gasteiger partial charge on any atom is 0.273 e. The lowest BCUT2D eigenvalue weighted by Gasteiger charge is -2.56. The Labute approximate surface area is 157 Å². The SMILES string of the molecule is COc1cc([N+](=O)[O-])ccc1NC(=O)CSC12CC3CC(CC(C3)C1)C2. The molecule has 4 fully saturated rings. The van der Waals surface area contributed by atoms with Gasteiger partial charge < -0.3 is 10.1 Å². The third-order valence-electron chi connectivity index (χ3n) is 6.16. The Bertz CT molecular complexity index is 701. The monoisotopic (exact) mass is 376 g/mol. The third-order valence-corrected chi connectivity index (χ3v) is 7.68. The molecule has 26 heavy (non-hydrogen) atoms. The summed E-state index contributed by atoms with van der Waals surface area (Å²) in [6.07, 6.45) is 7.97. The van der Waals surface area contributed by atoms with E-state index < -0.39 is 4.92 Å². The van der Waals surface area contributed by atoms with Gasteiger partial charge in [0.1, 0.15) is 5.75 Å². The van der Waals surface area contributed by atoms with E-state index in [9.17, 15) is 14.9 Å². The van der Waals surface area contributed by atoms with Crippen molar-refractivity contribution in [2.75, 3.05) is 18.2 Å². The van der Waals surface area contributed by atoms with Gasteiger partial charge in [-0.15, -0.1) is 11.8 Å². The van der Waals surface area contributed by atoms with Crippen molar-refractivity contribution in [1.29, 1.82) is 0 Å². The summed E-state index contributed by atoms with van der Waals surface area (Å²) >= 11 is 1.82. The molecule has 0 heterocycles. The van der Waals surface area contributed by atoms with Gasteiger partial charge in [-0.3, -0.25) is 14.9 Å². The van der Waals surface area contributed by atoms with Gasteiger partial charge in [0.25, 0.3) is 5.69 Å². The largest absolute Gasteiger partial charge is 0.494 e. The molecule has 0 spiro atoms. The number of methoxy groups -OCH3 is 1. The minimum Gasteiger partial charge on any atom is -0.494 e. The van der Waals surface area contributed by atoms with E-state index in [0.29, 0.717) is 21.9 Å². The molecule has 4 aliphatic rings. The van der Waals surface area contributed by atoms with E-state index in [1.165, 1.54) is 63.8 Å². The van der Waals surface area contributed by atoms with Gasteiger partial charge in [0.2, 0.25) is 5.91 Å². The fourth-order valence-corrected chi connectivity index (χ4v) is 7.08. The molecule has 1 amide bonds. The summed E-state index contributed by atoms with van der Waals surface area (Å²) in [5, 5.41) is 13.7. The van der Waals surface area contributed by atoms with Crippen molar-refractivity contribution in [1.82, 2.24) is 0 Å². The van der Waals surface area contributed by atoms with Crippen molar-refractivity contribution in [3.63, 3.8) is 0 Å². The number of carbonyl (C=O) groups excluding carboxylic acids is 1. The van der Waals surface area contributed by atoms with Crippen LogP contribution in [0.4, 0.5) is 11.4 Å². The fraction of sp³-hybridized carbons (Fsp3) is 0.632. The standard InChI is InChI=1S/C19H24N2O4S/c1-25-17-7-15(21(23)24)2-3-16(17)20-18(22)11-26-19-8-12-4-13(9-19)6-14(5-12)10-19/h2-3,7,12-14H,4-6,8-11H2,1H3,(H,20,22). The second kappa shape index (κ2) is 6.76. The number of anilines is 1. The van der Waals surface area contributed by atoms with Gasteiger partial charge in [-0.1, -0.05) is 0 Å². The minimum atomic E-state index is -0.475. The first kappa shape index (κ1) is 17.6. The predicted octanol–water partition coefficient (Wildman–Crippen LogP) is 4.24. The molecule has 4 saturated carbocycles. The van der Waals surface area contributed by atoms with Gasteiger partial charge in [0.15, 0.2) is 0 Å². The number of nitro groups is 1. The number of nitro benzene ring substituents is 1. The summed E-state index contributed by atoms with van der Waals surface area (Å²) in [6.45, 7) is 0. The van der Waals surface area contributed by atoms with E-state index in [2.05, 4.69) is 5.32 Å². The Balaban J connectivity index is 1.38. The number of carbonyl (C=O) groups is 1. The molecule has 4 aliphatic carbocycles. The highest BCUT2D eigenvalue weighted by molar-refractivity contribution is 8.01. The van der Waals surface area contributed by atoms with Crippen LogP contribution in [-0.4, -0.2) is 28.4 Å². The molecule has 0 unspecified atom stereocenters. The molecule has 4 bridgehead atoms. The minimum absolute atomic E-state index is 0.0530. The van der Waals surface area contributed by atoms with Gasteiger partial charge in [-0.05, 0) is 62.3 Å². The number of benzene rings is 1. The van der Waals surface area contributed by atoms with Crippen LogP contribution >= 0.6 is 11.8 Å². The molecule has 0 atom stereocenters. The summed E-state index contributed by atoms with van der Waals surface area (Å²) in [6, 6.07) is 4.25. The Kier molecular flexibility index (Phi) is 4.59. The topological polar surface area (TPSA) is 81.5 Å². The molecular weight excluding hydrogens is 352 g/mol. The van der Waals surface area contributed by atoms with Crippen LogP contribution in [0.2, 0.25) is 0 Å². The second-order valence-corrected chi connectivity index (χ2v) is 9.52. The first-order valence-corrected chi connectivity index (χ1v) is 10.2. The first-order chi connectivity index (χ1) is 12.5. The van der Waals surface area contributed by atoms with Crippen LogP contribution in [0.15, 0.2) is 18.2 Å². The summed E-state index contributed by atoms with van der Waals surface area (Å²) < 4.78 is 5.49. The first-order valence-electron chi connectivity index (χ1n) is 9.22. The average Bonchev–Trinajstić information content (AvgIpc) is 2.59. The van der Waals surface area contributed by atoms with Crippen LogP contribution in [-0.2, 0) is 4.79 Å². The Hall–Kier alpha value is -1.76. The highest BCUT2D eigenvalue weighted by atomic mass is 32.2. The number of hydrogen-bond donors (Lipinski definition) is 1. The van der Waals surface area contributed by atoms with E-state index in [1.54, 1.807) is 0 Å². The smallest absolute Gasteiger partial charge is 0.273 e. The molecular formula is C19H24N2O4S. The van der Waals surface area contributed by atoms with Gasteiger partial charge in [-0.25, -0.2) is 0 Å². The van der Waals surface area contributed by atoms with Gasteiger partial charge in [0, 0.05) is 10.8 Å². The van der Waals surface area contributed by atoms with Crippen LogP contribution in [0.3, 0.4) is 0 Å². The fourth-order valence-electron chi connectivity index (χ4n) is 5.51. The molecule has 5 rings (SSSR count). The molecule has 0 aliphatic heterocycles. The maximum absolute atomic E-state index is 12.5. The lowest BCUT2D eigenvalue weighted by molar-refractivity contribution is -0.384. The lowest BCUT2D eigenvalue weighted by Crippen LogP contribution is -2.49. The molecule has 1 aromatic rings. The Morgan fingerprint density at radius 3 is 2.42 bits per heavy atom. The molecule has 1 N–H and O–H groups in total. The number of non-ortho nitro benzene ring substituents is 1. The van der Waals surface area contributed by atoms with E-state index in [-0.39, 0.29) is 11.6 Å². The zero-order chi connectivity index (χ0) is 18.3. The number of rotatable bonds is 6. The molecule has 0 radical (unpaired) electrons. The molecule has 1 aromatic carbocycles. The van der Waals surface area contributed by atoms with Crippen LogP contribution < -0.4 is 10.1 Å². The molecule has 0 saturated heterocycles. The van der Waals surface area contributed by atoms with Crippen LogP contribution in [0.25, 0.3) is 0 Å². The van der Waals surface area contributed by atoms with Crippen molar-refractivity contribution < 1.29 is 14.5 Å². The van der Waals surface area contributed by atoms with Crippen LogP contribution in [0, 0.1) is 27.9 Å². The van der Waals surface area contributed by atoms with Crippen molar-refractivity contribution in [2.45, 2.75) is 43.3 Å². The molecule has 140 valence electrons. The third kappa shape index (κ3) is 3.41. The van der Waals surface area contributed by atoms with Crippen LogP contribution in [0.5, 0.6) is 5.75 Å². The number of ether oxygens (including phenoxy) is 1. The maximum atomic E-state index is 12.5. The number of thioether (sulfide) groups is 1. The van der Waals surface area contributed by atoms with Crippen molar-refractivity contribution in [3.05, 3.63) is 28.3 Å². The highest BCUT2D eigenvalue weighted by Crippen LogP contribution is 2.60. The Morgan fingerprint density at radius 2 is 1.88 bits per heavy atom. The van der Waals surface area contributed by atoms with Crippen molar-refractivity contribution >= 4 is 29.0 Å². The number of nitrogens with one attached hydrogen (secondary N) is 1. The van der Waals surface area contributed by atoms with E-state index >= 15 is 0 Å². The normalized spacial score (nSPS) is 31.7. The van der Waals surface area contributed by atoms with E-state index in [1.807, 2.05) is 11.8 Å². The van der Waals surface area contributed by atoms with Crippen molar-refractivity contribution in [2.24, 2.45) is 17.8 Å². The summed E-state index contributed by atoms with van der Waals surface area (Å²) in [7, 11) is 1.44. The predicted molar refractivity (Wildman–Crippen MR) is 102 cm³/mol. The summed E-state index contributed by atoms with van der Waals surface area (Å²) in [5.74, 6) is 3.27. The summed E-state index contributed by atoms with van der Waals surface area (Å²) in [4.78, 5) is 22.9. The lowest BCUT2D eigenvalue weighted by atomic mass is 9.56. The quantitative estimate of drug-likeness (QED) is 0.593. The number of hydrogen-bond acceptors (Lipinski definition) is 5. The molecule has 0 aromatic heterocycles. The van der Waals surface area contributed by atoms with E-state index in [0.717, 1.165) is 17.8 Å². The van der Waals surface area contributed by atoms with E-state index in [4.69, 9.17) is 4.74 Å². The van der Waals surface area contributed by atoms with Gasteiger partial charge in [0.05, 0.1) is 29.5 Å². The molecule has 7 heteroatoms. The zero-order valence-corrected chi connectivity index (χ0v) is 15.7. The second-order valence-electron chi connectivity index (χ2n) is 8.08. The highest BCUT2D eigenvalue weighted by Gasteiger charge is 2.51. The molecule has 6 nitrogen and oxygen atoms in total. The number of amides is 1. The van der Waals surface area contributed by atoms with Gasteiger partial charge >= 0.3 is 0 Å². The zero-order valence-electron chi connectivity index (χ0n) is 14.9. The van der Waals surface area contributed by atoms with Gasteiger partial charge in [-0.2, -0.15) is 0 Å².